The molecular weight excluding hydrogens is 442 g/mol. The van der Waals surface area contributed by atoms with E-state index >= 15 is 0 Å². The summed E-state index contributed by atoms with van der Waals surface area (Å²) in [5.74, 6) is 0.127. The van der Waals surface area contributed by atoms with E-state index in [9.17, 15) is 4.79 Å². The molecule has 0 aliphatic rings. The van der Waals surface area contributed by atoms with Crippen LogP contribution in [0.4, 0.5) is 5.69 Å². The van der Waals surface area contributed by atoms with Crippen LogP contribution in [0.1, 0.15) is 47.1 Å². The van der Waals surface area contributed by atoms with Crippen molar-refractivity contribution in [1.82, 2.24) is 9.38 Å². The molecule has 0 spiro atoms. The van der Waals surface area contributed by atoms with Crippen molar-refractivity contribution < 1.29 is 14.3 Å². The molecule has 1 aromatic carbocycles. The minimum Gasteiger partial charge on any atom is -0.398 e. The number of anilines is 1. The van der Waals surface area contributed by atoms with Gasteiger partial charge in [0.1, 0.15) is 5.65 Å². The Morgan fingerprint density at radius 2 is 1.83 bits per heavy atom. The van der Waals surface area contributed by atoms with E-state index in [0.717, 1.165) is 35.5 Å². The summed E-state index contributed by atoms with van der Waals surface area (Å²) in [5.41, 5.74) is 17.2. The molecule has 8 heteroatoms. The van der Waals surface area contributed by atoms with E-state index in [2.05, 4.69) is 23.3 Å². The molecular formula is C27H37N5O3. The first kappa shape index (κ1) is 26.4. The van der Waals surface area contributed by atoms with Gasteiger partial charge in [-0.25, -0.2) is 4.98 Å². The van der Waals surface area contributed by atoms with Crippen LogP contribution in [0.2, 0.25) is 0 Å². The molecule has 3 rings (SSSR count). The molecule has 3 aromatic rings. The van der Waals surface area contributed by atoms with E-state index in [-0.39, 0.29) is 5.91 Å². The number of benzene rings is 1. The molecule has 0 radical (unpaired) electrons. The zero-order valence-electron chi connectivity index (χ0n) is 20.9. The average molecular weight is 480 g/mol. The minimum absolute atomic E-state index is 0.194. The van der Waals surface area contributed by atoms with E-state index in [1.54, 1.807) is 6.07 Å². The summed E-state index contributed by atoms with van der Waals surface area (Å²) in [6, 6.07) is 11.3. The van der Waals surface area contributed by atoms with Gasteiger partial charge in [-0.15, -0.1) is 0 Å². The zero-order valence-corrected chi connectivity index (χ0v) is 20.9. The van der Waals surface area contributed by atoms with Crippen LogP contribution in [-0.4, -0.2) is 48.3 Å². The SMILES string of the molecule is CCC(/C=C(\N)c1ccc(NC(=O)c2ccn3c(C)cc(C)nc23)cc1)CCOCCOCCN. The maximum Gasteiger partial charge on any atom is 0.259 e. The number of fused-ring (bicyclic) bond motifs is 1. The monoisotopic (exact) mass is 479 g/mol. The van der Waals surface area contributed by atoms with Crippen molar-refractivity contribution >= 4 is 22.9 Å². The molecule has 0 aliphatic carbocycles. The highest BCUT2D eigenvalue weighted by molar-refractivity contribution is 6.08. The number of hydrogen-bond donors (Lipinski definition) is 3. The fourth-order valence-electron chi connectivity index (χ4n) is 3.91. The number of amides is 1. The van der Waals surface area contributed by atoms with Gasteiger partial charge in [0.2, 0.25) is 0 Å². The largest absolute Gasteiger partial charge is 0.398 e. The van der Waals surface area contributed by atoms with E-state index in [4.69, 9.17) is 20.9 Å². The van der Waals surface area contributed by atoms with Crippen LogP contribution in [0.25, 0.3) is 11.3 Å². The first-order valence-electron chi connectivity index (χ1n) is 12.1. The van der Waals surface area contributed by atoms with Crippen molar-refractivity contribution in [3.63, 3.8) is 0 Å². The van der Waals surface area contributed by atoms with Gasteiger partial charge in [-0.05, 0) is 62.4 Å². The molecule has 0 saturated heterocycles. The number of aromatic nitrogens is 2. The van der Waals surface area contributed by atoms with Crippen molar-refractivity contribution in [2.24, 2.45) is 17.4 Å². The Bertz CT molecular complexity index is 1140. The number of carbonyl (C=O) groups is 1. The van der Waals surface area contributed by atoms with E-state index in [1.807, 2.05) is 54.8 Å². The van der Waals surface area contributed by atoms with Crippen LogP contribution < -0.4 is 16.8 Å². The van der Waals surface area contributed by atoms with E-state index in [1.165, 1.54) is 0 Å². The quantitative estimate of drug-likeness (QED) is 0.320. The Kier molecular flexibility index (Phi) is 9.84. The van der Waals surface area contributed by atoms with Crippen molar-refractivity contribution in [3.05, 3.63) is 71.2 Å². The van der Waals surface area contributed by atoms with E-state index < -0.39 is 0 Å². The standard InChI is InChI=1S/C27H37N5O3/c1-4-21(10-13-34-15-16-35-14-11-28)18-25(29)22-5-7-23(8-6-22)31-27(33)24-9-12-32-20(3)17-19(2)30-26(24)32/h5-9,12,17-18,21H,4,10-11,13-16,28-29H2,1-3H3,(H,31,33)/b25-18-. The zero-order chi connectivity index (χ0) is 25.2. The molecule has 1 atom stereocenters. The number of nitrogens with one attached hydrogen (secondary N) is 1. The predicted molar refractivity (Wildman–Crippen MR) is 140 cm³/mol. The molecule has 0 saturated carbocycles. The van der Waals surface area contributed by atoms with Crippen molar-refractivity contribution in [2.45, 2.75) is 33.6 Å². The van der Waals surface area contributed by atoms with Gasteiger partial charge < -0.3 is 30.7 Å². The molecule has 188 valence electrons. The molecule has 1 unspecified atom stereocenters. The molecule has 8 nitrogen and oxygen atoms in total. The Labute approximate surface area is 207 Å². The second-order valence-corrected chi connectivity index (χ2v) is 8.59. The highest BCUT2D eigenvalue weighted by atomic mass is 16.5. The van der Waals surface area contributed by atoms with Crippen LogP contribution in [0.3, 0.4) is 0 Å². The molecule has 2 aromatic heterocycles. The predicted octanol–water partition coefficient (Wildman–Crippen LogP) is 3.91. The smallest absolute Gasteiger partial charge is 0.259 e. The molecule has 0 bridgehead atoms. The summed E-state index contributed by atoms with van der Waals surface area (Å²) < 4.78 is 12.9. The Hall–Kier alpha value is -3.20. The summed E-state index contributed by atoms with van der Waals surface area (Å²) in [6.45, 7) is 8.93. The average Bonchev–Trinajstić information content (AvgIpc) is 3.27. The molecule has 35 heavy (non-hydrogen) atoms. The Balaban J connectivity index is 1.56. The second kappa shape index (κ2) is 13.0. The van der Waals surface area contributed by atoms with Crippen LogP contribution in [0, 0.1) is 19.8 Å². The number of hydrogen-bond acceptors (Lipinski definition) is 6. The highest BCUT2D eigenvalue weighted by Gasteiger charge is 2.14. The summed E-state index contributed by atoms with van der Waals surface area (Å²) >= 11 is 0. The fourth-order valence-corrected chi connectivity index (χ4v) is 3.91. The highest BCUT2D eigenvalue weighted by Crippen LogP contribution is 2.20. The number of aryl methyl sites for hydroxylation is 2. The van der Waals surface area contributed by atoms with Gasteiger partial charge >= 0.3 is 0 Å². The van der Waals surface area contributed by atoms with Crippen LogP contribution >= 0.6 is 0 Å². The fraction of sp³-hybridized carbons (Fsp3) is 0.407. The van der Waals surface area contributed by atoms with Gasteiger partial charge in [-0.1, -0.05) is 25.1 Å². The Morgan fingerprint density at radius 1 is 1.11 bits per heavy atom. The summed E-state index contributed by atoms with van der Waals surface area (Å²) in [6.07, 6.45) is 5.82. The third-order valence-corrected chi connectivity index (χ3v) is 5.87. The van der Waals surface area contributed by atoms with Crippen molar-refractivity contribution in [1.29, 1.82) is 0 Å². The molecule has 5 N–H and O–H groups in total. The van der Waals surface area contributed by atoms with Gasteiger partial charge in [0, 0.05) is 42.1 Å². The molecule has 0 fully saturated rings. The second-order valence-electron chi connectivity index (χ2n) is 8.59. The maximum atomic E-state index is 12.9. The third kappa shape index (κ3) is 7.39. The van der Waals surface area contributed by atoms with Crippen molar-refractivity contribution in [3.8, 4) is 0 Å². The number of allylic oxidation sites excluding steroid dienone is 1. The maximum absolute atomic E-state index is 12.9. The number of nitrogens with zero attached hydrogens (tertiary/aromatic N) is 2. The van der Waals surface area contributed by atoms with Crippen LogP contribution in [0.15, 0.2) is 48.7 Å². The normalized spacial score (nSPS) is 12.7. The lowest BCUT2D eigenvalue weighted by Gasteiger charge is -2.13. The number of nitrogens with two attached hydrogens (primary N) is 2. The number of ether oxygens (including phenoxy) is 2. The third-order valence-electron chi connectivity index (χ3n) is 5.87. The molecule has 2 heterocycles. The van der Waals surface area contributed by atoms with Gasteiger partial charge in [0.15, 0.2) is 0 Å². The number of rotatable bonds is 13. The van der Waals surface area contributed by atoms with Gasteiger partial charge in [0.05, 0.1) is 25.4 Å². The topological polar surface area (TPSA) is 117 Å². The summed E-state index contributed by atoms with van der Waals surface area (Å²) in [5, 5.41) is 2.96. The number of carbonyl (C=O) groups excluding carboxylic acids is 1. The summed E-state index contributed by atoms with van der Waals surface area (Å²) in [7, 11) is 0. The van der Waals surface area contributed by atoms with Crippen molar-refractivity contribution in [2.75, 3.05) is 38.3 Å². The lowest BCUT2D eigenvalue weighted by molar-refractivity contribution is 0.0470. The Morgan fingerprint density at radius 3 is 2.51 bits per heavy atom. The first-order chi connectivity index (χ1) is 16.9. The minimum atomic E-state index is -0.194. The first-order valence-corrected chi connectivity index (χ1v) is 12.1. The van der Waals surface area contributed by atoms with Crippen LogP contribution in [0.5, 0.6) is 0 Å². The molecule has 1 amide bonds. The summed E-state index contributed by atoms with van der Waals surface area (Å²) in [4.78, 5) is 17.4. The van der Waals surface area contributed by atoms with Gasteiger partial charge in [0.25, 0.3) is 5.91 Å². The molecule has 0 aliphatic heterocycles. The van der Waals surface area contributed by atoms with Gasteiger partial charge in [-0.3, -0.25) is 4.79 Å². The van der Waals surface area contributed by atoms with Crippen LogP contribution in [-0.2, 0) is 9.47 Å². The van der Waals surface area contributed by atoms with E-state index in [0.29, 0.717) is 55.8 Å². The lowest BCUT2D eigenvalue weighted by atomic mass is 9.99. The van der Waals surface area contributed by atoms with Gasteiger partial charge in [-0.2, -0.15) is 0 Å². The lowest BCUT2D eigenvalue weighted by Crippen LogP contribution is -2.13.